The molecule has 3 aromatic rings. The van der Waals surface area contributed by atoms with Crippen molar-refractivity contribution in [1.29, 1.82) is 0 Å². The van der Waals surface area contributed by atoms with Crippen molar-refractivity contribution in [2.24, 2.45) is 0 Å². The van der Waals surface area contributed by atoms with E-state index in [1.165, 1.54) is 11.8 Å². The first-order valence-corrected chi connectivity index (χ1v) is 8.23. The number of H-pyrrole nitrogens is 1. The van der Waals surface area contributed by atoms with Crippen LogP contribution in [-0.4, -0.2) is 9.55 Å². The van der Waals surface area contributed by atoms with Crippen molar-refractivity contribution in [1.82, 2.24) is 9.55 Å². The molecule has 0 spiro atoms. The van der Waals surface area contributed by atoms with Crippen LogP contribution in [0.1, 0.15) is 11.3 Å². The lowest BCUT2D eigenvalue weighted by molar-refractivity contribution is 0.556. The van der Waals surface area contributed by atoms with Gasteiger partial charge in [-0.3, -0.25) is 14.3 Å². The van der Waals surface area contributed by atoms with Gasteiger partial charge in [0.25, 0.3) is 5.56 Å². The van der Waals surface area contributed by atoms with Crippen LogP contribution >= 0.6 is 11.8 Å². The summed E-state index contributed by atoms with van der Waals surface area (Å²) >= 11 is 1.40. The Kier molecular flexibility index (Phi) is 4.86. The fourth-order valence-electron chi connectivity index (χ4n) is 2.21. The molecule has 5 nitrogen and oxygen atoms in total. The lowest BCUT2D eigenvalue weighted by Crippen LogP contribution is -2.32. The highest BCUT2D eigenvalue weighted by molar-refractivity contribution is 7.99. The van der Waals surface area contributed by atoms with E-state index < -0.39 is 5.69 Å². The van der Waals surface area contributed by atoms with Crippen LogP contribution < -0.4 is 11.2 Å². The number of nitrogens with zero attached hydrogens (tertiary/aromatic N) is 1. The largest absolute Gasteiger partial charge is 0.465 e. The van der Waals surface area contributed by atoms with Gasteiger partial charge in [-0.05, 0) is 37.3 Å². The van der Waals surface area contributed by atoms with Crippen LogP contribution in [0.3, 0.4) is 0 Å². The molecule has 1 aromatic carbocycles. The minimum atomic E-state index is -0.423. The summed E-state index contributed by atoms with van der Waals surface area (Å²) in [6.45, 7) is 2.06. The third-order valence-corrected chi connectivity index (χ3v) is 4.67. The van der Waals surface area contributed by atoms with Crippen molar-refractivity contribution < 1.29 is 4.42 Å². The van der Waals surface area contributed by atoms with Crippen LogP contribution in [0.4, 0.5) is 0 Å². The molecule has 0 aliphatic carbocycles. The number of hydrogen-bond donors (Lipinski definition) is 1. The monoisotopic (exact) mass is 340 g/mol. The molecule has 1 N–H and O–H groups in total. The van der Waals surface area contributed by atoms with Crippen molar-refractivity contribution in [3.63, 3.8) is 0 Å². The van der Waals surface area contributed by atoms with Crippen molar-refractivity contribution in [3.8, 4) is 0 Å². The standard InChI is InChI=1S/C18H16N2O3S/c1-13-16(21)19-18(22)20(11-5-7-14-8-6-12-23-14)17(13)24-15-9-3-2-4-10-15/h2-10,12H,11H2,1H3,(H,19,21,22)/b7-5+. The zero-order valence-corrected chi connectivity index (χ0v) is 13.9. The fraction of sp³-hybridized carbons (Fsp3) is 0.111. The van der Waals surface area contributed by atoms with Crippen LogP contribution in [0.5, 0.6) is 0 Å². The first-order chi connectivity index (χ1) is 11.6. The maximum atomic E-state index is 12.2. The maximum absolute atomic E-state index is 12.2. The Balaban J connectivity index is 1.96. The molecular formula is C18H16N2O3S. The van der Waals surface area contributed by atoms with Gasteiger partial charge in [0, 0.05) is 17.0 Å². The molecule has 24 heavy (non-hydrogen) atoms. The van der Waals surface area contributed by atoms with Crippen LogP contribution in [0.25, 0.3) is 6.08 Å². The van der Waals surface area contributed by atoms with Gasteiger partial charge in [-0.1, -0.05) is 36.0 Å². The average molecular weight is 340 g/mol. The third kappa shape index (κ3) is 3.60. The van der Waals surface area contributed by atoms with Gasteiger partial charge in [0.2, 0.25) is 0 Å². The molecule has 0 unspecified atom stereocenters. The Hall–Kier alpha value is -2.73. The van der Waals surface area contributed by atoms with Gasteiger partial charge in [-0.2, -0.15) is 0 Å². The average Bonchev–Trinajstić information content (AvgIpc) is 3.09. The molecule has 0 bridgehead atoms. The minimum absolute atomic E-state index is 0.340. The van der Waals surface area contributed by atoms with Crippen molar-refractivity contribution in [2.75, 3.05) is 0 Å². The molecular weight excluding hydrogens is 324 g/mol. The molecule has 0 amide bonds. The number of aromatic amines is 1. The van der Waals surface area contributed by atoms with Gasteiger partial charge in [-0.15, -0.1) is 0 Å². The smallest absolute Gasteiger partial charge is 0.329 e. The Morgan fingerprint density at radius 2 is 1.96 bits per heavy atom. The molecule has 0 aliphatic rings. The van der Waals surface area contributed by atoms with Gasteiger partial charge < -0.3 is 4.42 Å². The van der Waals surface area contributed by atoms with Crippen molar-refractivity contribution >= 4 is 17.8 Å². The Labute approximate surface area is 142 Å². The second-order valence-electron chi connectivity index (χ2n) is 5.13. The van der Waals surface area contributed by atoms with Gasteiger partial charge in [0.15, 0.2) is 0 Å². The zero-order chi connectivity index (χ0) is 16.9. The van der Waals surface area contributed by atoms with E-state index in [1.807, 2.05) is 42.5 Å². The summed E-state index contributed by atoms with van der Waals surface area (Å²) in [7, 11) is 0. The molecule has 0 fully saturated rings. The van der Waals surface area contributed by atoms with E-state index >= 15 is 0 Å². The van der Waals surface area contributed by atoms with E-state index in [-0.39, 0.29) is 5.56 Å². The third-order valence-electron chi connectivity index (χ3n) is 3.44. The quantitative estimate of drug-likeness (QED) is 0.724. The molecule has 0 aliphatic heterocycles. The number of benzene rings is 1. The predicted octanol–water partition coefficient (Wildman–Crippen LogP) is 3.30. The molecule has 0 saturated heterocycles. The minimum Gasteiger partial charge on any atom is -0.465 e. The SMILES string of the molecule is Cc1c(Sc2ccccc2)n(C/C=C/c2ccco2)c(=O)[nH]c1=O. The van der Waals surface area contributed by atoms with E-state index in [0.29, 0.717) is 22.9 Å². The summed E-state index contributed by atoms with van der Waals surface area (Å²) in [5.74, 6) is 0.710. The summed E-state index contributed by atoms with van der Waals surface area (Å²) in [4.78, 5) is 27.5. The molecule has 2 heterocycles. The van der Waals surface area contributed by atoms with Crippen molar-refractivity contribution in [2.45, 2.75) is 23.4 Å². The molecule has 2 aromatic heterocycles. The molecule has 0 atom stereocenters. The fourth-order valence-corrected chi connectivity index (χ4v) is 3.24. The number of allylic oxidation sites excluding steroid dienone is 1. The Morgan fingerprint density at radius 1 is 1.17 bits per heavy atom. The predicted molar refractivity (Wildman–Crippen MR) is 94.4 cm³/mol. The van der Waals surface area contributed by atoms with Crippen LogP contribution in [-0.2, 0) is 6.54 Å². The van der Waals surface area contributed by atoms with Crippen LogP contribution in [0, 0.1) is 6.92 Å². The first kappa shape index (κ1) is 16.1. The van der Waals surface area contributed by atoms with E-state index in [1.54, 1.807) is 29.9 Å². The number of rotatable bonds is 5. The summed E-state index contributed by atoms with van der Waals surface area (Å²) in [5, 5.41) is 0.638. The second-order valence-corrected chi connectivity index (χ2v) is 6.20. The van der Waals surface area contributed by atoms with Gasteiger partial charge >= 0.3 is 5.69 Å². The van der Waals surface area contributed by atoms with Gasteiger partial charge in [-0.25, -0.2) is 4.79 Å². The van der Waals surface area contributed by atoms with Gasteiger partial charge in [0.1, 0.15) is 5.76 Å². The van der Waals surface area contributed by atoms with Gasteiger partial charge in [0.05, 0.1) is 11.3 Å². The second kappa shape index (κ2) is 7.23. The molecule has 0 saturated carbocycles. The van der Waals surface area contributed by atoms with E-state index in [4.69, 9.17) is 4.42 Å². The summed E-state index contributed by atoms with van der Waals surface area (Å²) in [6, 6.07) is 13.3. The number of aromatic nitrogens is 2. The molecule has 0 radical (unpaired) electrons. The molecule has 122 valence electrons. The lowest BCUT2D eigenvalue weighted by Gasteiger charge is -2.12. The Bertz CT molecular complexity index is 954. The number of hydrogen-bond acceptors (Lipinski definition) is 4. The van der Waals surface area contributed by atoms with E-state index in [0.717, 1.165) is 4.90 Å². The first-order valence-electron chi connectivity index (χ1n) is 7.42. The van der Waals surface area contributed by atoms with Crippen LogP contribution in [0.2, 0.25) is 0 Å². The summed E-state index contributed by atoms with van der Waals surface area (Å²) in [5.41, 5.74) is -0.257. The zero-order valence-electron chi connectivity index (χ0n) is 13.1. The normalized spacial score (nSPS) is 11.2. The van der Waals surface area contributed by atoms with Crippen molar-refractivity contribution in [3.05, 3.63) is 87.0 Å². The molecule has 6 heteroatoms. The maximum Gasteiger partial charge on any atom is 0.329 e. The Morgan fingerprint density at radius 3 is 2.67 bits per heavy atom. The van der Waals surface area contributed by atoms with Crippen LogP contribution in [0.15, 0.2) is 78.7 Å². The highest BCUT2D eigenvalue weighted by atomic mass is 32.2. The lowest BCUT2D eigenvalue weighted by atomic mass is 10.3. The number of furan rings is 1. The summed E-state index contributed by atoms with van der Waals surface area (Å²) in [6.07, 6.45) is 5.21. The highest BCUT2D eigenvalue weighted by Crippen LogP contribution is 2.27. The van der Waals surface area contributed by atoms with E-state index in [9.17, 15) is 9.59 Å². The van der Waals surface area contributed by atoms with E-state index in [2.05, 4.69) is 4.98 Å². The highest BCUT2D eigenvalue weighted by Gasteiger charge is 2.12. The molecule has 3 rings (SSSR count). The summed E-state index contributed by atoms with van der Waals surface area (Å²) < 4.78 is 6.78. The topological polar surface area (TPSA) is 68.0 Å². The number of nitrogens with one attached hydrogen (secondary N) is 1.